The maximum Gasteiger partial charge on any atom is 0.226 e. The summed E-state index contributed by atoms with van der Waals surface area (Å²) in [5.74, 6) is 0.991. The van der Waals surface area contributed by atoms with Crippen molar-refractivity contribution in [3.63, 3.8) is 0 Å². The number of carbonyl (C=O) groups is 1. The fourth-order valence-electron chi connectivity index (χ4n) is 3.16. The van der Waals surface area contributed by atoms with E-state index in [1.54, 1.807) is 7.11 Å². The Morgan fingerprint density at radius 1 is 1.20 bits per heavy atom. The second kappa shape index (κ2) is 8.62. The van der Waals surface area contributed by atoms with Crippen molar-refractivity contribution < 1.29 is 9.53 Å². The van der Waals surface area contributed by atoms with Crippen molar-refractivity contribution in [2.45, 2.75) is 31.8 Å². The van der Waals surface area contributed by atoms with Gasteiger partial charge in [-0.3, -0.25) is 9.78 Å². The number of benzene rings is 1. The zero-order valence-electron chi connectivity index (χ0n) is 14.6. The predicted molar refractivity (Wildman–Crippen MR) is 97.4 cm³/mol. The number of hydrogen-bond donors (Lipinski definition) is 1. The first kappa shape index (κ1) is 17.4. The lowest BCUT2D eigenvalue weighted by atomic mass is 10.0. The molecule has 2 heterocycles. The van der Waals surface area contributed by atoms with Crippen LogP contribution in [0.5, 0.6) is 5.75 Å². The van der Waals surface area contributed by atoms with E-state index in [-0.39, 0.29) is 5.91 Å². The quantitative estimate of drug-likeness (QED) is 0.878. The number of carbonyl (C=O) groups excluding carboxylic acids is 1. The lowest BCUT2D eigenvalue weighted by Crippen LogP contribution is -2.45. The molecule has 0 spiro atoms. The molecule has 1 fully saturated rings. The van der Waals surface area contributed by atoms with Gasteiger partial charge >= 0.3 is 0 Å². The largest absolute Gasteiger partial charge is 0.497 e. The minimum Gasteiger partial charge on any atom is -0.497 e. The molecule has 1 aromatic heterocycles. The van der Waals surface area contributed by atoms with Crippen LogP contribution in [0, 0.1) is 0 Å². The molecule has 1 amide bonds. The van der Waals surface area contributed by atoms with E-state index in [4.69, 9.17) is 4.74 Å². The van der Waals surface area contributed by atoms with Crippen LogP contribution in [0.2, 0.25) is 0 Å². The first-order chi connectivity index (χ1) is 12.2. The summed E-state index contributed by atoms with van der Waals surface area (Å²) in [6.45, 7) is 2.48. The molecular weight excluding hydrogens is 314 g/mol. The fraction of sp³-hybridized carbons (Fsp3) is 0.400. The number of amides is 1. The number of aromatic nitrogens is 1. The topological polar surface area (TPSA) is 54.5 Å². The highest BCUT2D eigenvalue weighted by atomic mass is 16.5. The molecule has 0 bridgehead atoms. The summed E-state index contributed by atoms with van der Waals surface area (Å²) >= 11 is 0. The minimum absolute atomic E-state index is 0.195. The molecular formula is C20H25N3O2. The molecule has 3 rings (SSSR count). The van der Waals surface area contributed by atoms with Gasteiger partial charge in [0.25, 0.3) is 0 Å². The number of ether oxygens (including phenoxy) is 1. The first-order valence-electron chi connectivity index (χ1n) is 8.77. The van der Waals surface area contributed by atoms with Crippen molar-refractivity contribution in [3.05, 3.63) is 59.9 Å². The molecule has 1 aromatic carbocycles. The molecule has 0 atom stereocenters. The van der Waals surface area contributed by atoms with Gasteiger partial charge in [0, 0.05) is 38.1 Å². The van der Waals surface area contributed by atoms with Crippen molar-refractivity contribution in [1.29, 1.82) is 0 Å². The lowest BCUT2D eigenvalue weighted by Gasteiger charge is -2.32. The molecule has 0 radical (unpaired) electrons. The van der Waals surface area contributed by atoms with Gasteiger partial charge in [0.2, 0.25) is 5.91 Å². The monoisotopic (exact) mass is 339 g/mol. The number of likely N-dealkylation sites (tertiary alicyclic amines) is 1. The first-order valence-corrected chi connectivity index (χ1v) is 8.77. The van der Waals surface area contributed by atoms with Crippen LogP contribution >= 0.6 is 0 Å². The van der Waals surface area contributed by atoms with Gasteiger partial charge in [-0.15, -0.1) is 0 Å². The van der Waals surface area contributed by atoms with Crippen LogP contribution in [0.4, 0.5) is 0 Å². The Balaban J connectivity index is 1.44. The summed E-state index contributed by atoms with van der Waals surface area (Å²) in [6.07, 6.45) is 6.06. The SMILES string of the molecule is COc1cccc(CC(=O)N2CCC(NCc3ccncc3)CC2)c1. The zero-order chi connectivity index (χ0) is 17.5. The average Bonchev–Trinajstić information content (AvgIpc) is 2.67. The van der Waals surface area contributed by atoms with Gasteiger partial charge < -0.3 is 15.0 Å². The van der Waals surface area contributed by atoms with Crippen molar-refractivity contribution >= 4 is 5.91 Å². The molecule has 5 heteroatoms. The number of methoxy groups -OCH3 is 1. The Labute approximate surface area is 149 Å². The van der Waals surface area contributed by atoms with E-state index in [0.29, 0.717) is 12.5 Å². The lowest BCUT2D eigenvalue weighted by molar-refractivity contribution is -0.131. The highest BCUT2D eigenvalue weighted by molar-refractivity contribution is 5.79. The molecule has 1 aliphatic heterocycles. The van der Waals surface area contributed by atoms with Crippen LogP contribution in [-0.2, 0) is 17.8 Å². The Morgan fingerprint density at radius 3 is 2.68 bits per heavy atom. The van der Waals surface area contributed by atoms with Crippen LogP contribution in [0.1, 0.15) is 24.0 Å². The summed E-state index contributed by atoms with van der Waals surface area (Å²) < 4.78 is 5.22. The van der Waals surface area contributed by atoms with Gasteiger partial charge in [-0.1, -0.05) is 12.1 Å². The average molecular weight is 339 g/mol. The zero-order valence-corrected chi connectivity index (χ0v) is 14.6. The highest BCUT2D eigenvalue weighted by Gasteiger charge is 2.22. The number of piperidine rings is 1. The Hall–Kier alpha value is -2.40. The van der Waals surface area contributed by atoms with Crippen molar-refractivity contribution in [2.75, 3.05) is 20.2 Å². The van der Waals surface area contributed by atoms with Crippen LogP contribution < -0.4 is 10.1 Å². The van der Waals surface area contributed by atoms with Crippen LogP contribution in [-0.4, -0.2) is 42.0 Å². The van der Waals surface area contributed by atoms with Gasteiger partial charge in [-0.05, 0) is 48.2 Å². The van der Waals surface area contributed by atoms with E-state index < -0.39 is 0 Å². The Morgan fingerprint density at radius 2 is 1.96 bits per heavy atom. The fourth-order valence-corrected chi connectivity index (χ4v) is 3.16. The number of nitrogens with zero attached hydrogens (tertiary/aromatic N) is 2. The highest BCUT2D eigenvalue weighted by Crippen LogP contribution is 2.16. The predicted octanol–water partition coefficient (Wildman–Crippen LogP) is 2.41. The van der Waals surface area contributed by atoms with Gasteiger partial charge in [0.15, 0.2) is 0 Å². The number of rotatable bonds is 6. The van der Waals surface area contributed by atoms with Gasteiger partial charge in [-0.25, -0.2) is 0 Å². The molecule has 0 unspecified atom stereocenters. The molecule has 1 N–H and O–H groups in total. The smallest absolute Gasteiger partial charge is 0.226 e. The maximum atomic E-state index is 12.5. The van der Waals surface area contributed by atoms with E-state index in [9.17, 15) is 4.79 Å². The number of nitrogens with one attached hydrogen (secondary N) is 1. The molecule has 5 nitrogen and oxygen atoms in total. The van der Waals surface area contributed by atoms with E-state index in [1.807, 2.05) is 53.7 Å². The van der Waals surface area contributed by atoms with E-state index >= 15 is 0 Å². The van der Waals surface area contributed by atoms with E-state index in [0.717, 1.165) is 43.8 Å². The second-order valence-electron chi connectivity index (χ2n) is 6.42. The Bertz CT molecular complexity index is 682. The van der Waals surface area contributed by atoms with Crippen LogP contribution in [0.3, 0.4) is 0 Å². The molecule has 25 heavy (non-hydrogen) atoms. The third kappa shape index (κ3) is 5.03. The molecule has 1 saturated heterocycles. The van der Waals surface area contributed by atoms with Gasteiger partial charge in [0.05, 0.1) is 13.5 Å². The normalized spacial score (nSPS) is 15.2. The summed E-state index contributed by atoms with van der Waals surface area (Å²) in [7, 11) is 1.64. The van der Waals surface area contributed by atoms with Gasteiger partial charge in [-0.2, -0.15) is 0 Å². The molecule has 2 aromatic rings. The van der Waals surface area contributed by atoms with Crippen molar-refractivity contribution in [1.82, 2.24) is 15.2 Å². The van der Waals surface area contributed by atoms with Crippen LogP contribution in [0.15, 0.2) is 48.8 Å². The third-order valence-electron chi connectivity index (χ3n) is 4.68. The van der Waals surface area contributed by atoms with Gasteiger partial charge in [0.1, 0.15) is 5.75 Å². The third-order valence-corrected chi connectivity index (χ3v) is 4.68. The minimum atomic E-state index is 0.195. The molecule has 132 valence electrons. The molecule has 0 saturated carbocycles. The van der Waals surface area contributed by atoms with Crippen LogP contribution in [0.25, 0.3) is 0 Å². The van der Waals surface area contributed by atoms with Crippen molar-refractivity contribution in [2.24, 2.45) is 0 Å². The van der Waals surface area contributed by atoms with E-state index in [1.165, 1.54) is 5.56 Å². The molecule has 1 aliphatic rings. The number of hydrogen-bond acceptors (Lipinski definition) is 4. The summed E-state index contributed by atoms with van der Waals surface area (Å²) in [5, 5.41) is 3.58. The summed E-state index contributed by atoms with van der Waals surface area (Å²) in [4.78, 5) is 18.5. The second-order valence-corrected chi connectivity index (χ2v) is 6.42. The van der Waals surface area contributed by atoms with E-state index in [2.05, 4.69) is 10.3 Å². The maximum absolute atomic E-state index is 12.5. The standard InChI is InChI=1S/C20H25N3O2/c1-25-19-4-2-3-17(13-19)14-20(24)23-11-7-18(8-12-23)22-15-16-5-9-21-10-6-16/h2-6,9-10,13,18,22H,7-8,11-12,14-15H2,1H3. The summed E-state index contributed by atoms with van der Waals surface area (Å²) in [6, 6.07) is 12.3. The Kier molecular flexibility index (Phi) is 6.01. The summed E-state index contributed by atoms with van der Waals surface area (Å²) in [5.41, 5.74) is 2.24. The number of pyridine rings is 1. The van der Waals surface area contributed by atoms with Crippen molar-refractivity contribution in [3.8, 4) is 5.75 Å². The molecule has 0 aliphatic carbocycles.